The fourth-order valence-electron chi connectivity index (χ4n) is 1.87. The summed E-state index contributed by atoms with van der Waals surface area (Å²) in [5.41, 5.74) is 2.62. The lowest BCUT2D eigenvalue weighted by atomic mass is 10.1. The number of unbranched alkanes of at least 4 members (excludes halogenated alkanes) is 1. The highest BCUT2D eigenvalue weighted by Gasteiger charge is 2.09. The molecule has 0 saturated carbocycles. The number of pyridine rings is 1. The summed E-state index contributed by atoms with van der Waals surface area (Å²) in [5, 5.41) is 3.37. The molecule has 76 valence electrons. The summed E-state index contributed by atoms with van der Waals surface area (Å²) in [6.45, 7) is 3.30. The van der Waals surface area contributed by atoms with Crippen LogP contribution in [0.25, 0.3) is 0 Å². The molecule has 2 nitrogen and oxygen atoms in total. The predicted octanol–water partition coefficient (Wildman–Crippen LogP) is 2.78. The molecule has 0 amide bonds. The van der Waals surface area contributed by atoms with E-state index in [4.69, 9.17) is 0 Å². The summed E-state index contributed by atoms with van der Waals surface area (Å²) >= 11 is 0. The third-order valence-corrected chi connectivity index (χ3v) is 2.74. The zero-order chi connectivity index (χ0) is 9.80. The van der Waals surface area contributed by atoms with Crippen LogP contribution in [0.3, 0.4) is 0 Å². The molecule has 0 aromatic carbocycles. The zero-order valence-electron chi connectivity index (χ0n) is 8.84. The molecule has 0 unspecified atom stereocenters. The number of hydrogen-bond donors (Lipinski definition) is 1. The summed E-state index contributed by atoms with van der Waals surface area (Å²) < 4.78 is 0. The van der Waals surface area contributed by atoms with Crippen molar-refractivity contribution >= 4 is 5.82 Å². The molecule has 0 radical (unpaired) electrons. The SMILES string of the molecule is CCCCc1ccc2c(n1)NCCC2. The van der Waals surface area contributed by atoms with E-state index in [0.717, 1.165) is 18.8 Å². The number of hydrogen-bond acceptors (Lipinski definition) is 2. The minimum absolute atomic E-state index is 1.08. The van der Waals surface area contributed by atoms with Crippen molar-refractivity contribution in [2.45, 2.75) is 39.0 Å². The topological polar surface area (TPSA) is 24.9 Å². The van der Waals surface area contributed by atoms with Crippen molar-refractivity contribution in [2.24, 2.45) is 0 Å². The van der Waals surface area contributed by atoms with E-state index in [-0.39, 0.29) is 0 Å². The van der Waals surface area contributed by atoms with Gasteiger partial charge in [0.05, 0.1) is 0 Å². The van der Waals surface area contributed by atoms with Crippen LogP contribution < -0.4 is 5.32 Å². The second kappa shape index (κ2) is 4.45. The van der Waals surface area contributed by atoms with Crippen molar-refractivity contribution in [3.63, 3.8) is 0 Å². The van der Waals surface area contributed by atoms with Crippen LogP contribution >= 0.6 is 0 Å². The van der Waals surface area contributed by atoms with Crippen molar-refractivity contribution in [1.82, 2.24) is 4.98 Å². The Balaban J connectivity index is 2.12. The average Bonchev–Trinajstić information content (AvgIpc) is 2.26. The number of nitrogens with one attached hydrogen (secondary N) is 1. The molecule has 0 saturated heterocycles. The first-order valence-corrected chi connectivity index (χ1v) is 5.63. The highest BCUT2D eigenvalue weighted by molar-refractivity contribution is 5.46. The van der Waals surface area contributed by atoms with E-state index in [0.29, 0.717) is 0 Å². The first-order chi connectivity index (χ1) is 6.90. The molecule has 1 aliphatic rings. The highest BCUT2D eigenvalue weighted by Crippen LogP contribution is 2.20. The van der Waals surface area contributed by atoms with Gasteiger partial charge in [-0.15, -0.1) is 0 Å². The average molecular weight is 190 g/mol. The second-order valence-electron chi connectivity index (χ2n) is 3.94. The van der Waals surface area contributed by atoms with Gasteiger partial charge in [0.2, 0.25) is 0 Å². The van der Waals surface area contributed by atoms with E-state index in [1.54, 1.807) is 0 Å². The number of rotatable bonds is 3. The quantitative estimate of drug-likeness (QED) is 0.792. The van der Waals surface area contributed by atoms with Crippen LogP contribution in [-0.4, -0.2) is 11.5 Å². The molecule has 0 bridgehead atoms. The lowest BCUT2D eigenvalue weighted by molar-refractivity contribution is 0.764. The molecule has 1 aromatic rings. The summed E-state index contributed by atoms with van der Waals surface area (Å²) in [6, 6.07) is 4.42. The van der Waals surface area contributed by atoms with Gasteiger partial charge in [0.25, 0.3) is 0 Å². The number of anilines is 1. The zero-order valence-corrected chi connectivity index (χ0v) is 8.84. The van der Waals surface area contributed by atoms with Crippen LogP contribution in [0.5, 0.6) is 0 Å². The van der Waals surface area contributed by atoms with Gasteiger partial charge in [-0.1, -0.05) is 19.4 Å². The second-order valence-corrected chi connectivity index (χ2v) is 3.94. The predicted molar refractivity (Wildman–Crippen MR) is 59.7 cm³/mol. The van der Waals surface area contributed by atoms with Crippen LogP contribution in [0, 0.1) is 0 Å². The Morgan fingerprint density at radius 2 is 2.36 bits per heavy atom. The van der Waals surface area contributed by atoms with Gasteiger partial charge in [-0.05, 0) is 37.3 Å². The minimum atomic E-state index is 1.08. The van der Waals surface area contributed by atoms with Gasteiger partial charge >= 0.3 is 0 Å². The monoisotopic (exact) mass is 190 g/mol. The molecule has 1 aliphatic heterocycles. The summed E-state index contributed by atoms with van der Waals surface area (Å²) in [6.07, 6.45) is 6.02. The van der Waals surface area contributed by atoms with Crippen LogP contribution in [0.2, 0.25) is 0 Å². The van der Waals surface area contributed by atoms with Crippen LogP contribution in [0.1, 0.15) is 37.4 Å². The van der Waals surface area contributed by atoms with Gasteiger partial charge in [0.1, 0.15) is 5.82 Å². The largest absolute Gasteiger partial charge is 0.370 e. The molecule has 0 aliphatic carbocycles. The van der Waals surface area contributed by atoms with Crippen LogP contribution in [0.15, 0.2) is 12.1 Å². The van der Waals surface area contributed by atoms with Crippen LogP contribution in [0.4, 0.5) is 5.82 Å². The third kappa shape index (κ3) is 2.06. The lowest BCUT2D eigenvalue weighted by Crippen LogP contribution is -2.13. The van der Waals surface area contributed by atoms with Crippen molar-refractivity contribution in [1.29, 1.82) is 0 Å². The molecular weight excluding hydrogens is 172 g/mol. The Hall–Kier alpha value is -1.05. The molecule has 1 aromatic heterocycles. The summed E-state index contributed by atoms with van der Waals surface area (Å²) in [4.78, 5) is 4.64. The first-order valence-electron chi connectivity index (χ1n) is 5.63. The fourth-order valence-corrected chi connectivity index (χ4v) is 1.87. The van der Waals surface area contributed by atoms with Gasteiger partial charge in [0.15, 0.2) is 0 Å². The molecular formula is C12H18N2. The minimum Gasteiger partial charge on any atom is -0.370 e. The van der Waals surface area contributed by atoms with Crippen molar-refractivity contribution in [3.05, 3.63) is 23.4 Å². The normalized spacial score (nSPS) is 14.6. The first kappa shape index (κ1) is 9.50. The Morgan fingerprint density at radius 1 is 1.43 bits per heavy atom. The molecule has 0 atom stereocenters. The third-order valence-electron chi connectivity index (χ3n) is 2.74. The van der Waals surface area contributed by atoms with Crippen molar-refractivity contribution in [3.8, 4) is 0 Å². The van der Waals surface area contributed by atoms with E-state index in [2.05, 4.69) is 29.4 Å². The Bertz CT molecular complexity index is 307. The van der Waals surface area contributed by atoms with E-state index in [1.165, 1.54) is 36.9 Å². The number of aromatic nitrogens is 1. The number of aryl methyl sites for hydroxylation is 2. The molecule has 2 heterocycles. The smallest absolute Gasteiger partial charge is 0.129 e. The Labute approximate surface area is 85.7 Å². The maximum absolute atomic E-state index is 4.64. The Morgan fingerprint density at radius 3 is 3.21 bits per heavy atom. The maximum Gasteiger partial charge on any atom is 0.129 e. The number of nitrogens with zero attached hydrogens (tertiary/aromatic N) is 1. The van der Waals surface area contributed by atoms with Gasteiger partial charge in [-0.3, -0.25) is 0 Å². The standard InChI is InChI=1S/C12H18N2/c1-2-3-6-11-8-7-10-5-4-9-13-12(10)14-11/h7-8H,2-6,9H2,1H3,(H,13,14). The molecule has 0 spiro atoms. The van der Waals surface area contributed by atoms with Gasteiger partial charge in [0, 0.05) is 12.2 Å². The van der Waals surface area contributed by atoms with Gasteiger partial charge in [-0.25, -0.2) is 4.98 Å². The van der Waals surface area contributed by atoms with Gasteiger partial charge in [-0.2, -0.15) is 0 Å². The lowest BCUT2D eigenvalue weighted by Gasteiger charge is -2.17. The fraction of sp³-hybridized carbons (Fsp3) is 0.583. The maximum atomic E-state index is 4.64. The van der Waals surface area contributed by atoms with E-state index >= 15 is 0 Å². The van der Waals surface area contributed by atoms with Gasteiger partial charge < -0.3 is 5.32 Å². The molecule has 2 heteroatoms. The summed E-state index contributed by atoms with van der Waals surface area (Å²) in [5.74, 6) is 1.13. The molecule has 0 fully saturated rings. The molecule has 2 rings (SSSR count). The number of fused-ring (bicyclic) bond motifs is 1. The van der Waals surface area contributed by atoms with E-state index in [9.17, 15) is 0 Å². The highest BCUT2D eigenvalue weighted by atomic mass is 15.0. The molecule has 1 N–H and O–H groups in total. The van der Waals surface area contributed by atoms with E-state index < -0.39 is 0 Å². The molecule has 14 heavy (non-hydrogen) atoms. The van der Waals surface area contributed by atoms with Crippen molar-refractivity contribution in [2.75, 3.05) is 11.9 Å². The van der Waals surface area contributed by atoms with Crippen molar-refractivity contribution < 1.29 is 0 Å². The van der Waals surface area contributed by atoms with E-state index in [1.807, 2.05) is 0 Å². The van der Waals surface area contributed by atoms with Crippen LogP contribution in [-0.2, 0) is 12.8 Å². The summed E-state index contributed by atoms with van der Waals surface area (Å²) in [7, 11) is 0. The Kier molecular flexibility index (Phi) is 3.02.